The van der Waals surface area contributed by atoms with Crippen LogP contribution in [0.25, 0.3) is 0 Å². The number of thiocarbonyl (C=S) groups is 1. The minimum Gasteiger partial charge on any atom is -0.396 e. The Hall–Kier alpha value is -1.39. The molecule has 1 aromatic rings. The first kappa shape index (κ1) is 18.7. The lowest BCUT2D eigenvalue weighted by atomic mass is 10.1. The molecule has 4 N–H and O–H groups in total. The molecule has 0 bridgehead atoms. The van der Waals surface area contributed by atoms with E-state index in [1.54, 1.807) is 12.1 Å². The molecule has 0 spiro atoms. The van der Waals surface area contributed by atoms with Crippen LogP contribution in [0.4, 0.5) is 5.69 Å². The average Bonchev–Trinajstić information content (AvgIpc) is 2.50. The first-order chi connectivity index (χ1) is 10.5. The van der Waals surface area contributed by atoms with Gasteiger partial charge in [-0.2, -0.15) is 5.26 Å². The second kappa shape index (κ2) is 9.59. The van der Waals surface area contributed by atoms with Gasteiger partial charge < -0.3 is 21.1 Å². The predicted molar refractivity (Wildman–Crippen MR) is 94.3 cm³/mol. The summed E-state index contributed by atoms with van der Waals surface area (Å²) in [5.74, 6) is 0. The number of rotatable bonds is 7. The van der Waals surface area contributed by atoms with Crippen molar-refractivity contribution >= 4 is 34.6 Å². The lowest BCUT2D eigenvalue weighted by Gasteiger charge is -2.17. The molecule has 1 atom stereocenters. The van der Waals surface area contributed by atoms with E-state index >= 15 is 0 Å². The first-order valence-corrected chi connectivity index (χ1v) is 7.86. The number of nitriles is 1. The van der Waals surface area contributed by atoms with E-state index in [-0.39, 0.29) is 12.6 Å². The zero-order valence-corrected chi connectivity index (χ0v) is 14.3. The molecule has 22 heavy (non-hydrogen) atoms. The first-order valence-electron chi connectivity index (χ1n) is 7.08. The van der Waals surface area contributed by atoms with Crippen molar-refractivity contribution in [3.63, 3.8) is 0 Å². The highest BCUT2D eigenvalue weighted by molar-refractivity contribution is 7.80. The molecule has 0 radical (unpaired) electrons. The fourth-order valence-corrected chi connectivity index (χ4v) is 2.22. The number of hydrogen-bond donors (Lipinski definition) is 4. The van der Waals surface area contributed by atoms with Gasteiger partial charge in [0.15, 0.2) is 5.11 Å². The number of benzene rings is 1. The zero-order valence-electron chi connectivity index (χ0n) is 12.7. The van der Waals surface area contributed by atoms with Crippen LogP contribution < -0.4 is 16.0 Å². The van der Waals surface area contributed by atoms with Crippen molar-refractivity contribution in [1.82, 2.24) is 10.6 Å². The summed E-state index contributed by atoms with van der Waals surface area (Å²) in [6, 6.07) is 5.73. The molecule has 0 amide bonds. The number of nitrogens with zero attached hydrogens (tertiary/aromatic N) is 1. The van der Waals surface area contributed by atoms with Crippen LogP contribution in [0.1, 0.15) is 24.5 Å². The maximum absolute atomic E-state index is 8.93. The molecule has 5 nitrogen and oxygen atoms in total. The highest BCUT2D eigenvalue weighted by atomic mass is 35.5. The minimum absolute atomic E-state index is 0.186. The molecule has 0 unspecified atom stereocenters. The van der Waals surface area contributed by atoms with Crippen molar-refractivity contribution in [1.29, 1.82) is 5.26 Å². The van der Waals surface area contributed by atoms with E-state index in [4.69, 9.17) is 34.2 Å². The van der Waals surface area contributed by atoms with Crippen LogP contribution in [-0.2, 0) is 0 Å². The maximum Gasteiger partial charge on any atom is 0.170 e. The van der Waals surface area contributed by atoms with E-state index in [1.165, 1.54) is 0 Å². The average molecular weight is 341 g/mol. The summed E-state index contributed by atoms with van der Waals surface area (Å²) in [6.07, 6.45) is 0.732. The Labute approximate surface area is 141 Å². The lowest BCUT2D eigenvalue weighted by molar-refractivity contribution is 0.283. The molecular formula is C15H21ClN4OS. The van der Waals surface area contributed by atoms with E-state index in [1.807, 2.05) is 19.9 Å². The van der Waals surface area contributed by atoms with Gasteiger partial charge in [0, 0.05) is 24.9 Å². The summed E-state index contributed by atoms with van der Waals surface area (Å²) < 4.78 is 0. The number of aliphatic hydroxyl groups excluding tert-OH is 1. The van der Waals surface area contributed by atoms with Crippen LogP contribution in [0.5, 0.6) is 0 Å². The van der Waals surface area contributed by atoms with Crippen LogP contribution in [0.3, 0.4) is 0 Å². The lowest BCUT2D eigenvalue weighted by Crippen LogP contribution is -2.41. The Bertz CT molecular complexity index is 559. The van der Waals surface area contributed by atoms with E-state index in [2.05, 4.69) is 16.0 Å². The topological polar surface area (TPSA) is 80.1 Å². The van der Waals surface area contributed by atoms with Crippen molar-refractivity contribution in [3.05, 3.63) is 28.3 Å². The van der Waals surface area contributed by atoms with Crippen molar-refractivity contribution in [3.8, 4) is 6.07 Å². The van der Waals surface area contributed by atoms with Crippen molar-refractivity contribution in [2.75, 3.05) is 25.0 Å². The van der Waals surface area contributed by atoms with E-state index < -0.39 is 0 Å². The molecule has 0 saturated carbocycles. The molecule has 1 rings (SSSR count). The Balaban J connectivity index is 2.49. The third-order valence-corrected chi connectivity index (χ3v) is 3.88. The van der Waals surface area contributed by atoms with Gasteiger partial charge in [0.25, 0.3) is 0 Å². The molecule has 0 aliphatic heterocycles. The fourth-order valence-electron chi connectivity index (χ4n) is 1.82. The second-order valence-electron chi connectivity index (χ2n) is 4.98. The van der Waals surface area contributed by atoms with Gasteiger partial charge in [-0.05, 0) is 56.7 Å². The molecule has 7 heteroatoms. The van der Waals surface area contributed by atoms with Crippen molar-refractivity contribution < 1.29 is 5.11 Å². The van der Waals surface area contributed by atoms with Gasteiger partial charge in [0.05, 0.1) is 10.6 Å². The Morgan fingerprint density at radius 2 is 2.23 bits per heavy atom. The maximum atomic E-state index is 8.93. The summed E-state index contributed by atoms with van der Waals surface area (Å²) in [5, 5.41) is 28.1. The summed E-state index contributed by atoms with van der Waals surface area (Å²) in [5.41, 5.74) is 2.02. The molecular weight excluding hydrogens is 320 g/mol. The monoisotopic (exact) mass is 340 g/mol. The van der Waals surface area contributed by atoms with Gasteiger partial charge in [0.2, 0.25) is 0 Å². The summed E-state index contributed by atoms with van der Waals surface area (Å²) in [7, 11) is 0. The van der Waals surface area contributed by atoms with Crippen molar-refractivity contribution in [2.45, 2.75) is 26.3 Å². The van der Waals surface area contributed by atoms with Gasteiger partial charge >= 0.3 is 0 Å². The Morgan fingerprint density at radius 1 is 1.50 bits per heavy atom. The SMILES string of the molecule is Cc1c(NC(=S)NC[C@H](C)NCCCO)ccc(C#N)c1Cl. The highest BCUT2D eigenvalue weighted by Gasteiger charge is 2.09. The third kappa shape index (κ3) is 5.78. The molecule has 0 aliphatic rings. The number of anilines is 1. The summed E-state index contributed by atoms with van der Waals surface area (Å²) in [6.45, 7) is 5.50. The van der Waals surface area contributed by atoms with Crippen molar-refractivity contribution in [2.24, 2.45) is 0 Å². The number of halogens is 1. The summed E-state index contributed by atoms with van der Waals surface area (Å²) in [4.78, 5) is 0. The van der Waals surface area contributed by atoms with Crippen LogP contribution in [0, 0.1) is 18.3 Å². The number of nitrogens with one attached hydrogen (secondary N) is 3. The molecule has 0 heterocycles. The zero-order chi connectivity index (χ0) is 16.5. The summed E-state index contributed by atoms with van der Waals surface area (Å²) >= 11 is 11.4. The van der Waals surface area contributed by atoms with Gasteiger partial charge in [-0.15, -0.1) is 0 Å². The van der Waals surface area contributed by atoms with Gasteiger partial charge in [-0.3, -0.25) is 0 Å². The molecule has 0 saturated heterocycles. The third-order valence-electron chi connectivity index (χ3n) is 3.15. The normalized spacial score (nSPS) is 11.6. The van der Waals surface area contributed by atoms with Crippen LogP contribution in [0.15, 0.2) is 12.1 Å². The standard InChI is InChI=1S/C15H21ClN4OS/c1-10(18-6-3-7-21)9-19-15(22)20-13-5-4-12(8-17)14(16)11(13)2/h4-5,10,18,21H,3,6-7,9H2,1-2H3,(H2,19,20,22)/t10-/m0/s1. The van der Waals surface area contributed by atoms with Gasteiger partial charge in [0.1, 0.15) is 6.07 Å². The van der Waals surface area contributed by atoms with E-state index in [0.717, 1.165) is 24.2 Å². The minimum atomic E-state index is 0.186. The van der Waals surface area contributed by atoms with E-state index in [9.17, 15) is 0 Å². The van der Waals surface area contributed by atoms with Crippen LogP contribution >= 0.6 is 23.8 Å². The smallest absolute Gasteiger partial charge is 0.170 e. The van der Waals surface area contributed by atoms with Crippen LogP contribution in [-0.4, -0.2) is 36.0 Å². The number of hydrogen-bond acceptors (Lipinski definition) is 4. The Morgan fingerprint density at radius 3 is 2.86 bits per heavy atom. The molecule has 0 aliphatic carbocycles. The van der Waals surface area contributed by atoms with Gasteiger partial charge in [-0.25, -0.2) is 0 Å². The second-order valence-corrected chi connectivity index (χ2v) is 5.77. The van der Waals surface area contributed by atoms with E-state index in [0.29, 0.717) is 22.2 Å². The molecule has 0 aromatic heterocycles. The molecule has 0 fully saturated rings. The van der Waals surface area contributed by atoms with Gasteiger partial charge in [-0.1, -0.05) is 11.6 Å². The van der Waals surface area contributed by atoms with Crippen LogP contribution in [0.2, 0.25) is 5.02 Å². The quantitative estimate of drug-likeness (QED) is 0.450. The largest absolute Gasteiger partial charge is 0.396 e. The molecule has 120 valence electrons. The fraction of sp³-hybridized carbons (Fsp3) is 0.467. The number of aliphatic hydroxyl groups is 1. The predicted octanol–water partition coefficient (Wildman–Crippen LogP) is 2.17. The highest BCUT2D eigenvalue weighted by Crippen LogP contribution is 2.26. The Kier molecular flexibility index (Phi) is 8.13. The molecule has 1 aromatic carbocycles.